The van der Waals surface area contributed by atoms with E-state index in [1.165, 1.54) is 43.7 Å². The van der Waals surface area contributed by atoms with E-state index in [2.05, 4.69) is 185 Å². The molecule has 0 saturated carbocycles. The number of para-hydroxylation sites is 3. The third-order valence-corrected chi connectivity index (χ3v) is 11.7. The van der Waals surface area contributed by atoms with Crippen molar-refractivity contribution in [3.8, 4) is 56.7 Å². The van der Waals surface area contributed by atoms with E-state index in [1.807, 2.05) is 36.4 Å². The summed E-state index contributed by atoms with van der Waals surface area (Å²) < 4.78 is 4.75. The third-order valence-electron chi connectivity index (χ3n) is 11.7. The van der Waals surface area contributed by atoms with Crippen molar-refractivity contribution in [1.82, 2.24) is 24.1 Å². The fourth-order valence-corrected chi connectivity index (χ4v) is 8.98. The SMILES string of the molecule is c1ccc(-c2nc(-c3ccccc3)nc(-c3cc(-n4c5ccccc5c5cc(-c6ccc7c(c6)c6ccccc6n7-c6ccccc6)ccc54)cc4ccccc34)n2)cc1. The van der Waals surface area contributed by atoms with Crippen LogP contribution < -0.4 is 0 Å². The van der Waals surface area contributed by atoms with Gasteiger partial charge in [-0.25, -0.2) is 15.0 Å². The second kappa shape index (κ2) is 13.8. The molecule has 0 aliphatic carbocycles. The van der Waals surface area contributed by atoms with Crippen molar-refractivity contribution in [3.05, 3.63) is 212 Å². The topological polar surface area (TPSA) is 48.5 Å². The Morgan fingerprint density at radius 1 is 0.267 bits per heavy atom. The van der Waals surface area contributed by atoms with Crippen LogP contribution in [0.4, 0.5) is 0 Å². The first kappa shape index (κ1) is 33.9. The van der Waals surface area contributed by atoms with Gasteiger partial charge < -0.3 is 9.13 Å². The van der Waals surface area contributed by atoms with Gasteiger partial charge >= 0.3 is 0 Å². The Kier molecular flexibility index (Phi) is 7.78. The summed E-state index contributed by atoms with van der Waals surface area (Å²) in [7, 11) is 0. The fraction of sp³-hybridized carbons (Fsp3) is 0. The summed E-state index contributed by atoms with van der Waals surface area (Å²) in [6, 6.07) is 75.2. The average Bonchev–Trinajstić information content (AvgIpc) is 3.84. The first-order chi connectivity index (χ1) is 29.7. The van der Waals surface area contributed by atoms with Crippen molar-refractivity contribution in [2.75, 3.05) is 0 Å². The van der Waals surface area contributed by atoms with Crippen molar-refractivity contribution in [1.29, 1.82) is 0 Å². The van der Waals surface area contributed by atoms with Crippen molar-refractivity contribution in [3.63, 3.8) is 0 Å². The van der Waals surface area contributed by atoms with E-state index in [-0.39, 0.29) is 0 Å². The lowest BCUT2D eigenvalue weighted by molar-refractivity contribution is 1.07. The quantitative estimate of drug-likeness (QED) is 0.169. The maximum Gasteiger partial charge on any atom is 0.164 e. The summed E-state index contributed by atoms with van der Waals surface area (Å²) in [4.78, 5) is 15.3. The standard InChI is InChI=1S/C55H35N5/c1-4-16-36(17-5-1)53-56-54(37-18-6-2-7-19-37)58-55(57-53)48-35-42(32-40-20-10-11-23-43(40)48)60-50-27-15-13-25-45(50)47-34-39(29-31-52(47)60)38-28-30-51-46(33-38)44-24-12-14-26-49(44)59(51)41-21-8-3-9-22-41/h1-35H. The van der Waals surface area contributed by atoms with Crippen molar-refractivity contribution < 1.29 is 0 Å². The van der Waals surface area contributed by atoms with Crippen molar-refractivity contribution in [2.45, 2.75) is 0 Å². The maximum atomic E-state index is 5.17. The zero-order valence-corrected chi connectivity index (χ0v) is 32.4. The van der Waals surface area contributed by atoms with E-state index in [1.54, 1.807) is 0 Å². The molecule has 5 nitrogen and oxygen atoms in total. The Morgan fingerprint density at radius 2 is 0.700 bits per heavy atom. The molecule has 0 N–H and O–H groups in total. The van der Waals surface area contributed by atoms with Gasteiger partial charge in [-0.05, 0) is 82.6 Å². The van der Waals surface area contributed by atoms with E-state index in [4.69, 9.17) is 15.0 Å². The monoisotopic (exact) mass is 765 g/mol. The summed E-state index contributed by atoms with van der Waals surface area (Å²) >= 11 is 0. The highest BCUT2D eigenvalue weighted by Gasteiger charge is 2.19. The summed E-state index contributed by atoms with van der Waals surface area (Å²) in [5.41, 5.74) is 12.1. The van der Waals surface area contributed by atoms with Crippen LogP contribution in [0.5, 0.6) is 0 Å². The molecule has 0 atom stereocenters. The summed E-state index contributed by atoms with van der Waals surface area (Å²) in [5.74, 6) is 1.91. The molecule has 0 saturated heterocycles. The van der Waals surface area contributed by atoms with Crippen LogP contribution >= 0.6 is 0 Å². The predicted octanol–water partition coefficient (Wildman–Crippen LogP) is 13.9. The highest BCUT2D eigenvalue weighted by Crippen LogP contribution is 2.40. The van der Waals surface area contributed by atoms with Crippen LogP contribution in [0.2, 0.25) is 0 Å². The molecule has 60 heavy (non-hydrogen) atoms. The zero-order chi connectivity index (χ0) is 39.6. The Balaban J connectivity index is 1.05. The summed E-state index contributed by atoms with van der Waals surface area (Å²) in [5, 5.41) is 7.07. The number of rotatable bonds is 6. The minimum Gasteiger partial charge on any atom is -0.309 e. The molecular weight excluding hydrogens is 731 g/mol. The van der Waals surface area contributed by atoms with Crippen molar-refractivity contribution >= 4 is 54.4 Å². The largest absolute Gasteiger partial charge is 0.309 e. The number of benzene rings is 9. The van der Waals surface area contributed by atoms with Crippen LogP contribution in [-0.2, 0) is 0 Å². The molecule has 0 bridgehead atoms. The zero-order valence-electron chi connectivity index (χ0n) is 32.4. The average molecular weight is 766 g/mol. The molecule has 0 aliphatic rings. The fourth-order valence-electron chi connectivity index (χ4n) is 8.98. The summed E-state index contributed by atoms with van der Waals surface area (Å²) in [6.07, 6.45) is 0. The van der Waals surface area contributed by atoms with Gasteiger partial charge in [0.2, 0.25) is 0 Å². The van der Waals surface area contributed by atoms with Gasteiger partial charge in [-0.2, -0.15) is 0 Å². The van der Waals surface area contributed by atoms with Crippen LogP contribution in [-0.4, -0.2) is 24.1 Å². The smallest absolute Gasteiger partial charge is 0.164 e. The van der Waals surface area contributed by atoms with Gasteiger partial charge in [0.15, 0.2) is 17.5 Å². The van der Waals surface area contributed by atoms with Gasteiger partial charge in [-0.1, -0.05) is 152 Å². The third kappa shape index (κ3) is 5.52. The number of nitrogens with zero attached hydrogens (tertiary/aromatic N) is 5. The first-order valence-corrected chi connectivity index (χ1v) is 20.3. The molecule has 0 fully saturated rings. The molecule has 0 spiro atoms. The maximum absolute atomic E-state index is 5.17. The normalized spacial score (nSPS) is 11.7. The highest BCUT2D eigenvalue weighted by atomic mass is 15.0. The van der Waals surface area contributed by atoms with Crippen LogP contribution in [0, 0.1) is 0 Å². The first-order valence-electron chi connectivity index (χ1n) is 20.3. The number of aromatic nitrogens is 5. The van der Waals surface area contributed by atoms with Crippen LogP contribution in [0.1, 0.15) is 0 Å². The molecule has 280 valence electrons. The van der Waals surface area contributed by atoms with E-state index in [9.17, 15) is 0 Å². The molecule has 3 aromatic heterocycles. The number of hydrogen-bond donors (Lipinski definition) is 0. The molecule has 0 radical (unpaired) electrons. The van der Waals surface area contributed by atoms with E-state index < -0.39 is 0 Å². The molecule has 12 rings (SSSR count). The number of fused-ring (bicyclic) bond motifs is 7. The second-order valence-corrected chi connectivity index (χ2v) is 15.3. The lowest BCUT2D eigenvalue weighted by Gasteiger charge is -2.14. The Labute approximate surface area is 346 Å². The Bertz CT molecular complexity index is 3530. The molecule has 3 heterocycles. The van der Waals surface area contributed by atoms with Crippen molar-refractivity contribution in [2.24, 2.45) is 0 Å². The highest BCUT2D eigenvalue weighted by molar-refractivity contribution is 6.13. The second-order valence-electron chi connectivity index (χ2n) is 15.3. The molecule has 12 aromatic rings. The van der Waals surface area contributed by atoms with Gasteiger partial charge in [0.25, 0.3) is 0 Å². The van der Waals surface area contributed by atoms with E-state index in [0.29, 0.717) is 17.5 Å². The van der Waals surface area contributed by atoms with Crippen LogP contribution in [0.3, 0.4) is 0 Å². The Morgan fingerprint density at radius 3 is 1.27 bits per heavy atom. The molecule has 9 aromatic carbocycles. The van der Waals surface area contributed by atoms with Gasteiger partial charge in [-0.15, -0.1) is 0 Å². The van der Waals surface area contributed by atoms with Gasteiger partial charge in [-0.3, -0.25) is 0 Å². The Hall–Kier alpha value is -8.15. The molecule has 0 unspecified atom stereocenters. The van der Waals surface area contributed by atoms with Gasteiger partial charge in [0.1, 0.15) is 0 Å². The minimum absolute atomic E-state index is 0.632. The molecule has 5 heteroatoms. The summed E-state index contributed by atoms with van der Waals surface area (Å²) in [6.45, 7) is 0. The van der Waals surface area contributed by atoms with Gasteiger partial charge in [0.05, 0.1) is 22.1 Å². The minimum atomic E-state index is 0.632. The van der Waals surface area contributed by atoms with Crippen LogP contribution in [0.25, 0.3) is 111 Å². The molecule has 0 aliphatic heterocycles. The molecular formula is C55H35N5. The van der Waals surface area contributed by atoms with E-state index in [0.717, 1.165) is 49.9 Å². The lowest BCUT2D eigenvalue weighted by atomic mass is 10.0. The lowest BCUT2D eigenvalue weighted by Crippen LogP contribution is -2.02. The van der Waals surface area contributed by atoms with E-state index >= 15 is 0 Å². The predicted molar refractivity (Wildman–Crippen MR) is 248 cm³/mol. The van der Waals surface area contributed by atoms with Gasteiger partial charge in [0, 0.05) is 49.6 Å². The number of hydrogen-bond acceptors (Lipinski definition) is 3. The molecule has 0 amide bonds. The van der Waals surface area contributed by atoms with Crippen LogP contribution in [0.15, 0.2) is 212 Å².